The van der Waals surface area contributed by atoms with Gasteiger partial charge in [0.25, 0.3) is 0 Å². The number of rotatable bonds is 6. The van der Waals surface area contributed by atoms with Crippen LogP contribution in [-0.2, 0) is 4.74 Å². The summed E-state index contributed by atoms with van der Waals surface area (Å²) in [4.78, 5) is 11.0. The lowest BCUT2D eigenvalue weighted by Gasteiger charge is -2.05. The molecule has 0 aromatic rings. The molecule has 0 unspecified atom stereocenters. The SMILES string of the molecule is C=C(Br)CNC(=O)NCCCOC. The minimum Gasteiger partial charge on any atom is -0.385 e. The summed E-state index contributed by atoms with van der Waals surface area (Å²) in [5, 5.41) is 5.30. The molecule has 76 valence electrons. The largest absolute Gasteiger partial charge is 0.385 e. The van der Waals surface area contributed by atoms with Crippen LogP contribution in [0.15, 0.2) is 11.1 Å². The molecular weight excluding hydrogens is 236 g/mol. The molecule has 2 amide bonds. The molecule has 0 aromatic carbocycles. The minimum absolute atomic E-state index is 0.184. The summed E-state index contributed by atoms with van der Waals surface area (Å²) in [6.07, 6.45) is 0.819. The Kier molecular flexibility index (Phi) is 7.73. The highest BCUT2D eigenvalue weighted by Crippen LogP contribution is 1.95. The first-order valence-electron chi connectivity index (χ1n) is 4.00. The standard InChI is InChI=1S/C8H15BrN2O2/c1-7(9)6-11-8(12)10-4-3-5-13-2/h1,3-6H2,2H3,(H2,10,11,12). The molecule has 4 nitrogen and oxygen atoms in total. The normalized spacial score (nSPS) is 9.38. The van der Waals surface area contributed by atoms with E-state index in [4.69, 9.17) is 4.74 Å². The third-order valence-corrected chi connectivity index (χ3v) is 1.53. The number of nitrogens with one attached hydrogen (secondary N) is 2. The second-order valence-electron chi connectivity index (χ2n) is 2.47. The predicted octanol–water partition coefficient (Wildman–Crippen LogP) is 1.23. The molecule has 0 aromatic heterocycles. The van der Waals surface area contributed by atoms with Crippen LogP contribution in [-0.4, -0.2) is 32.8 Å². The Hall–Kier alpha value is -0.550. The Morgan fingerprint density at radius 1 is 1.54 bits per heavy atom. The molecule has 0 radical (unpaired) electrons. The monoisotopic (exact) mass is 250 g/mol. The Morgan fingerprint density at radius 3 is 2.77 bits per heavy atom. The van der Waals surface area contributed by atoms with Gasteiger partial charge in [0.1, 0.15) is 0 Å². The van der Waals surface area contributed by atoms with Gasteiger partial charge in [-0.05, 0) is 6.42 Å². The average molecular weight is 251 g/mol. The summed E-state index contributed by atoms with van der Waals surface area (Å²) >= 11 is 3.14. The van der Waals surface area contributed by atoms with Crippen LogP contribution in [0.3, 0.4) is 0 Å². The first-order chi connectivity index (χ1) is 6.16. The topological polar surface area (TPSA) is 50.4 Å². The third-order valence-electron chi connectivity index (χ3n) is 1.25. The van der Waals surface area contributed by atoms with Gasteiger partial charge in [0, 0.05) is 24.7 Å². The van der Waals surface area contributed by atoms with Crippen molar-refractivity contribution in [2.75, 3.05) is 26.8 Å². The number of methoxy groups -OCH3 is 1. The zero-order valence-electron chi connectivity index (χ0n) is 7.73. The highest BCUT2D eigenvalue weighted by Gasteiger charge is 1.97. The Bertz CT molecular complexity index is 174. The summed E-state index contributed by atoms with van der Waals surface area (Å²) in [6, 6.07) is -0.184. The molecule has 0 heterocycles. The van der Waals surface area contributed by atoms with Crippen molar-refractivity contribution >= 4 is 22.0 Å². The summed E-state index contributed by atoms with van der Waals surface area (Å²) in [5.41, 5.74) is 0. The van der Waals surface area contributed by atoms with Gasteiger partial charge in [-0.25, -0.2) is 4.79 Å². The van der Waals surface area contributed by atoms with E-state index in [0.717, 1.165) is 10.9 Å². The van der Waals surface area contributed by atoms with E-state index >= 15 is 0 Å². The second-order valence-corrected chi connectivity index (χ2v) is 3.59. The van der Waals surface area contributed by atoms with E-state index < -0.39 is 0 Å². The van der Waals surface area contributed by atoms with Crippen LogP contribution in [0, 0.1) is 0 Å². The van der Waals surface area contributed by atoms with Crippen molar-refractivity contribution in [1.29, 1.82) is 0 Å². The molecule has 0 atom stereocenters. The number of urea groups is 1. The Balaban J connectivity index is 3.25. The molecule has 0 aliphatic rings. The van der Waals surface area contributed by atoms with Crippen LogP contribution in [0.25, 0.3) is 0 Å². The number of amides is 2. The van der Waals surface area contributed by atoms with E-state index in [9.17, 15) is 4.79 Å². The molecular formula is C8H15BrN2O2. The molecule has 2 N–H and O–H groups in total. The van der Waals surface area contributed by atoms with Gasteiger partial charge < -0.3 is 15.4 Å². The summed E-state index contributed by atoms with van der Waals surface area (Å²) in [6.45, 7) is 5.31. The molecule has 0 saturated heterocycles. The van der Waals surface area contributed by atoms with Gasteiger partial charge in [-0.15, -0.1) is 0 Å². The van der Waals surface area contributed by atoms with Gasteiger partial charge >= 0.3 is 6.03 Å². The molecule has 5 heteroatoms. The third kappa shape index (κ3) is 9.36. The van der Waals surface area contributed by atoms with Crippen LogP contribution in [0.1, 0.15) is 6.42 Å². The molecule has 0 spiro atoms. The van der Waals surface area contributed by atoms with Gasteiger partial charge in [0.2, 0.25) is 0 Å². The zero-order chi connectivity index (χ0) is 10.1. The number of carbonyl (C=O) groups is 1. The second kappa shape index (κ2) is 8.07. The number of halogens is 1. The van der Waals surface area contributed by atoms with E-state index in [1.165, 1.54) is 0 Å². The van der Waals surface area contributed by atoms with Crippen molar-refractivity contribution in [2.24, 2.45) is 0 Å². The number of hydrogen-bond donors (Lipinski definition) is 2. The fourth-order valence-corrected chi connectivity index (χ4v) is 0.797. The maximum Gasteiger partial charge on any atom is 0.315 e. The van der Waals surface area contributed by atoms with E-state index in [-0.39, 0.29) is 6.03 Å². The first kappa shape index (κ1) is 12.4. The number of ether oxygens (including phenoxy) is 1. The van der Waals surface area contributed by atoms with E-state index in [0.29, 0.717) is 19.7 Å². The average Bonchev–Trinajstić information content (AvgIpc) is 2.09. The zero-order valence-corrected chi connectivity index (χ0v) is 9.32. The van der Waals surface area contributed by atoms with Crippen LogP contribution >= 0.6 is 15.9 Å². The smallest absolute Gasteiger partial charge is 0.315 e. The van der Waals surface area contributed by atoms with Crippen molar-refractivity contribution in [1.82, 2.24) is 10.6 Å². The van der Waals surface area contributed by atoms with Crippen molar-refractivity contribution in [3.05, 3.63) is 11.1 Å². The van der Waals surface area contributed by atoms with Crippen LogP contribution in [0.5, 0.6) is 0 Å². The molecule has 0 aliphatic carbocycles. The van der Waals surface area contributed by atoms with E-state index in [1.54, 1.807) is 7.11 Å². The molecule has 0 saturated carbocycles. The molecule has 13 heavy (non-hydrogen) atoms. The summed E-state index contributed by atoms with van der Waals surface area (Å²) in [7, 11) is 1.63. The lowest BCUT2D eigenvalue weighted by atomic mass is 10.4. The van der Waals surface area contributed by atoms with Gasteiger partial charge in [-0.3, -0.25) is 0 Å². The van der Waals surface area contributed by atoms with Crippen molar-refractivity contribution in [2.45, 2.75) is 6.42 Å². The highest BCUT2D eigenvalue weighted by molar-refractivity contribution is 9.11. The van der Waals surface area contributed by atoms with Crippen molar-refractivity contribution in [3.8, 4) is 0 Å². The minimum atomic E-state index is -0.184. The fraction of sp³-hybridized carbons (Fsp3) is 0.625. The predicted molar refractivity (Wildman–Crippen MR) is 56.0 cm³/mol. The molecule has 0 rings (SSSR count). The maximum absolute atomic E-state index is 11.0. The van der Waals surface area contributed by atoms with Crippen LogP contribution in [0.4, 0.5) is 4.79 Å². The van der Waals surface area contributed by atoms with E-state index in [2.05, 4.69) is 33.1 Å². The quantitative estimate of drug-likeness (QED) is 0.697. The van der Waals surface area contributed by atoms with Gasteiger partial charge in [-0.2, -0.15) is 0 Å². The lowest BCUT2D eigenvalue weighted by Crippen LogP contribution is -2.36. The Morgan fingerprint density at radius 2 is 2.23 bits per heavy atom. The lowest BCUT2D eigenvalue weighted by molar-refractivity contribution is 0.193. The highest BCUT2D eigenvalue weighted by atomic mass is 79.9. The molecule has 0 aliphatic heterocycles. The van der Waals surface area contributed by atoms with E-state index in [1.807, 2.05) is 0 Å². The van der Waals surface area contributed by atoms with Crippen LogP contribution < -0.4 is 10.6 Å². The molecule has 0 fully saturated rings. The summed E-state index contributed by atoms with van der Waals surface area (Å²) < 4.78 is 5.58. The van der Waals surface area contributed by atoms with Gasteiger partial charge in [-0.1, -0.05) is 22.5 Å². The fourth-order valence-electron chi connectivity index (χ4n) is 0.657. The number of hydrogen-bond acceptors (Lipinski definition) is 2. The van der Waals surface area contributed by atoms with Crippen LogP contribution in [0.2, 0.25) is 0 Å². The van der Waals surface area contributed by atoms with Gasteiger partial charge in [0.15, 0.2) is 0 Å². The van der Waals surface area contributed by atoms with Gasteiger partial charge in [0.05, 0.1) is 6.54 Å². The van der Waals surface area contributed by atoms with Crippen molar-refractivity contribution < 1.29 is 9.53 Å². The summed E-state index contributed by atoms with van der Waals surface area (Å²) in [5.74, 6) is 0. The number of carbonyl (C=O) groups excluding carboxylic acids is 1. The molecule has 0 bridgehead atoms. The Labute approximate surface area is 86.8 Å². The maximum atomic E-state index is 11.0. The van der Waals surface area contributed by atoms with Crippen molar-refractivity contribution in [3.63, 3.8) is 0 Å². The first-order valence-corrected chi connectivity index (χ1v) is 4.80.